The summed E-state index contributed by atoms with van der Waals surface area (Å²) in [5.41, 5.74) is 3.27. The number of aromatic nitrogens is 1. The summed E-state index contributed by atoms with van der Waals surface area (Å²) in [7, 11) is 3.91. The van der Waals surface area contributed by atoms with E-state index in [1.165, 1.54) is 5.56 Å². The third kappa shape index (κ3) is 8.57. The SMILES string of the molecule is CN(CCCc1ccc(CNC(=O)OC(C)(C)C)cc1)CCN(C)C(=O)c1cc2cc(Cl)ccc2[nH]1. The highest BCUT2D eigenvalue weighted by Crippen LogP contribution is 2.20. The number of amides is 2. The lowest BCUT2D eigenvalue weighted by molar-refractivity contribution is 0.0523. The number of alkyl carbamates (subject to hydrolysis) is 1. The standard InChI is InChI=1S/C28H37ClN4O3/c1-28(2,3)36-27(35)30-19-21-10-8-20(9-11-21)7-6-14-32(4)15-16-33(5)26(34)25-18-22-17-23(29)12-13-24(22)31-25/h8-13,17-18,31H,6-7,14-16,19H2,1-5H3,(H,30,35). The molecule has 8 heteroatoms. The number of hydrogen-bond donors (Lipinski definition) is 2. The van der Waals surface area contributed by atoms with E-state index in [1.54, 1.807) is 4.90 Å². The van der Waals surface area contributed by atoms with Gasteiger partial charge in [-0.3, -0.25) is 4.79 Å². The summed E-state index contributed by atoms with van der Waals surface area (Å²) >= 11 is 6.05. The van der Waals surface area contributed by atoms with Crippen molar-refractivity contribution in [1.82, 2.24) is 20.1 Å². The number of ether oxygens (including phenoxy) is 1. The molecule has 2 amide bonds. The van der Waals surface area contributed by atoms with E-state index in [-0.39, 0.29) is 5.91 Å². The highest BCUT2D eigenvalue weighted by molar-refractivity contribution is 6.31. The lowest BCUT2D eigenvalue weighted by Crippen LogP contribution is -2.35. The number of fused-ring (bicyclic) bond motifs is 1. The summed E-state index contributed by atoms with van der Waals surface area (Å²) in [6, 6.07) is 15.7. The number of aryl methyl sites for hydroxylation is 1. The summed E-state index contributed by atoms with van der Waals surface area (Å²) in [5.74, 6) is -0.0306. The molecular weight excluding hydrogens is 476 g/mol. The summed E-state index contributed by atoms with van der Waals surface area (Å²) in [5, 5.41) is 4.37. The molecule has 1 aromatic heterocycles. The lowest BCUT2D eigenvalue weighted by atomic mass is 10.1. The van der Waals surface area contributed by atoms with Crippen LogP contribution in [-0.2, 0) is 17.7 Å². The quantitative estimate of drug-likeness (QED) is 0.377. The van der Waals surface area contributed by atoms with Crippen molar-refractivity contribution in [2.75, 3.05) is 33.7 Å². The molecule has 194 valence electrons. The van der Waals surface area contributed by atoms with E-state index in [9.17, 15) is 9.59 Å². The summed E-state index contributed by atoms with van der Waals surface area (Å²) in [6.45, 7) is 8.36. The molecule has 0 saturated carbocycles. The van der Waals surface area contributed by atoms with Gasteiger partial charge in [0.2, 0.25) is 0 Å². The van der Waals surface area contributed by atoms with E-state index in [0.29, 0.717) is 23.8 Å². The zero-order chi connectivity index (χ0) is 26.3. The Morgan fingerprint density at radius 1 is 0.972 bits per heavy atom. The van der Waals surface area contributed by atoms with Crippen molar-refractivity contribution in [3.8, 4) is 0 Å². The van der Waals surface area contributed by atoms with Crippen LogP contribution < -0.4 is 5.32 Å². The monoisotopic (exact) mass is 512 g/mol. The van der Waals surface area contributed by atoms with E-state index in [0.717, 1.165) is 42.4 Å². The van der Waals surface area contributed by atoms with Gasteiger partial charge < -0.3 is 24.8 Å². The van der Waals surface area contributed by atoms with Crippen LogP contribution in [0.4, 0.5) is 4.79 Å². The number of H-pyrrole nitrogens is 1. The Bertz CT molecular complexity index is 1170. The van der Waals surface area contributed by atoms with E-state index < -0.39 is 11.7 Å². The van der Waals surface area contributed by atoms with Gasteiger partial charge in [-0.25, -0.2) is 4.79 Å². The maximum absolute atomic E-state index is 12.8. The van der Waals surface area contributed by atoms with Gasteiger partial charge in [0.05, 0.1) is 0 Å². The van der Waals surface area contributed by atoms with Crippen LogP contribution in [0.3, 0.4) is 0 Å². The molecule has 0 radical (unpaired) electrons. The van der Waals surface area contributed by atoms with E-state index >= 15 is 0 Å². The largest absolute Gasteiger partial charge is 0.444 e. The van der Waals surface area contributed by atoms with Gasteiger partial charge in [0.15, 0.2) is 0 Å². The first-order valence-corrected chi connectivity index (χ1v) is 12.6. The van der Waals surface area contributed by atoms with Crippen LogP contribution in [0.2, 0.25) is 5.02 Å². The minimum Gasteiger partial charge on any atom is -0.444 e. The average molecular weight is 513 g/mol. The molecule has 36 heavy (non-hydrogen) atoms. The topological polar surface area (TPSA) is 77.7 Å². The fourth-order valence-electron chi connectivity index (χ4n) is 3.82. The number of benzene rings is 2. The predicted octanol–water partition coefficient (Wildman–Crippen LogP) is 5.48. The maximum Gasteiger partial charge on any atom is 0.407 e. The van der Waals surface area contributed by atoms with Crippen LogP contribution in [0.1, 0.15) is 48.8 Å². The predicted molar refractivity (Wildman–Crippen MR) is 146 cm³/mol. The molecule has 0 aliphatic carbocycles. The lowest BCUT2D eigenvalue weighted by Gasteiger charge is -2.22. The number of nitrogens with one attached hydrogen (secondary N) is 2. The van der Waals surface area contributed by atoms with E-state index in [1.807, 2.05) is 64.2 Å². The van der Waals surface area contributed by atoms with Gasteiger partial charge in [0.25, 0.3) is 5.91 Å². The molecule has 3 aromatic rings. The number of hydrogen-bond acceptors (Lipinski definition) is 4. The number of aromatic amines is 1. The number of rotatable bonds is 10. The van der Waals surface area contributed by atoms with Crippen LogP contribution >= 0.6 is 11.6 Å². The molecule has 0 aliphatic heterocycles. The maximum atomic E-state index is 12.8. The highest BCUT2D eigenvalue weighted by atomic mass is 35.5. The van der Waals surface area contributed by atoms with Gasteiger partial charge in [-0.05, 0) is 82.6 Å². The molecule has 3 rings (SSSR count). The smallest absolute Gasteiger partial charge is 0.407 e. The van der Waals surface area contributed by atoms with Gasteiger partial charge in [-0.1, -0.05) is 35.9 Å². The van der Waals surface area contributed by atoms with Gasteiger partial charge in [-0.2, -0.15) is 0 Å². The van der Waals surface area contributed by atoms with Gasteiger partial charge in [-0.15, -0.1) is 0 Å². The van der Waals surface area contributed by atoms with Crippen molar-refractivity contribution in [2.45, 2.75) is 45.8 Å². The summed E-state index contributed by atoms with van der Waals surface area (Å²) in [4.78, 5) is 31.8. The van der Waals surface area contributed by atoms with Gasteiger partial charge in [0, 0.05) is 42.6 Å². The second-order valence-corrected chi connectivity index (χ2v) is 10.7. The molecule has 0 bridgehead atoms. The first kappa shape index (κ1) is 27.6. The molecule has 0 saturated heterocycles. The minimum absolute atomic E-state index is 0.0306. The fraction of sp³-hybridized carbons (Fsp3) is 0.429. The zero-order valence-electron chi connectivity index (χ0n) is 21.9. The Morgan fingerprint density at radius 2 is 1.67 bits per heavy atom. The third-order valence-corrected chi connectivity index (χ3v) is 6.08. The van der Waals surface area contributed by atoms with Crippen molar-refractivity contribution >= 4 is 34.5 Å². The summed E-state index contributed by atoms with van der Waals surface area (Å²) < 4.78 is 5.26. The molecule has 0 aliphatic rings. The Kier molecular flexibility index (Phi) is 9.40. The number of halogens is 1. The highest BCUT2D eigenvalue weighted by Gasteiger charge is 2.16. The first-order chi connectivity index (χ1) is 17.0. The Hall–Kier alpha value is -3.03. The molecule has 0 fully saturated rings. The average Bonchev–Trinajstić information content (AvgIpc) is 3.23. The number of carbonyl (C=O) groups excluding carboxylic acids is 2. The van der Waals surface area contributed by atoms with Crippen LogP contribution in [0.25, 0.3) is 10.9 Å². The number of nitrogens with zero attached hydrogens (tertiary/aromatic N) is 2. The fourth-order valence-corrected chi connectivity index (χ4v) is 4.00. The Labute approximate surface area is 218 Å². The Balaban J connectivity index is 1.36. The van der Waals surface area contributed by atoms with Crippen LogP contribution in [-0.4, -0.2) is 66.1 Å². The van der Waals surface area contributed by atoms with Crippen molar-refractivity contribution in [2.24, 2.45) is 0 Å². The first-order valence-electron chi connectivity index (χ1n) is 12.3. The molecule has 1 heterocycles. The molecule has 0 unspecified atom stereocenters. The number of carbonyl (C=O) groups is 2. The summed E-state index contributed by atoms with van der Waals surface area (Å²) in [6.07, 6.45) is 1.58. The van der Waals surface area contributed by atoms with Crippen LogP contribution in [0, 0.1) is 0 Å². The third-order valence-electron chi connectivity index (χ3n) is 5.84. The Morgan fingerprint density at radius 3 is 2.36 bits per heavy atom. The second-order valence-electron chi connectivity index (χ2n) is 10.2. The van der Waals surface area contributed by atoms with Crippen LogP contribution in [0.15, 0.2) is 48.5 Å². The van der Waals surface area contributed by atoms with E-state index in [4.69, 9.17) is 16.3 Å². The van der Waals surface area contributed by atoms with Crippen molar-refractivity contribution in [1.29, 1.82) is 0 Å². The minimum atomic E-state index is -0.501. The molecule has 0 spiro atoms. The van der Waals surface area contributed by atoms with Gasteiger partial charge >= 0.3 is 6.09 Å². The molecule has 2 N–H and O–H groups in total. The normalized spacial score (nSPS) is 11.6. The number of likely N-dealkylation sites (N-methyl/N-ethyl adjacent to an activating group) is 2. The molecule has 2 aromatic carbocycles. The van der Waals surface area contributed by atoms with Crippen LogP contribution in [0.5, 0.6) is 0 Å². The van der Waals surface area contributed by atoms with Crippen molar-refractivity contribution in [3.63, 3.8) is 0 Å². The molecular formula is C28H37ClN4O3. The molecule has 7 nitrogen and oxygen atoms in total. The zero-order valence-corrected chi connectivity index (χ0v) is 22.6. The molecule has 0 atom stereocenters. The van der Waals surface area contributed by atoms with Crippen molar-refractivity contribution in [3.05, 3.63) is 70.4 Å². The van der Waals surface area contributed by atoms with Gasteiger partial charge in [0.1, 0.15) is 11.3 Å². The second kappa shape index (κ2) is 12.3. The van der Waals surface area contributed by atoms with E-state index in [2.05, 4.69) is 34.4 Å². The van der Waals surface area contributed by atoms with Crippen molar-refractivity contribution < 1.29 is 14.3 Å².